The summed E-state index contributed by atoms with van der Waals surface area (Å²) in [5.41, 5.74) is 5.01. The highest BCUT2D eigenvalue weighted by Crippen LogP contribution is 2.50. The van der Waals surface area contributed by atoms with Gasteiger partial charge in [-0.3, -0.25) is 0 Å². The van der Waals surface area contributed by atoms with Crippen molar-refractivity contribution in [3.63, 3.8) is 0 Å². The van der Waals surface area contributed by atoms with Crippen LogP contribution in [0.2, 0.25) is 0 Å². The van der Waals surface area contributed by atoms with Crippen LogP contribution < -0.4 is 0 Å². The molecule has 0 unspecified atom stereocenters. The molecule has 0 N–H and O–H groups in total. The summed E-state index contributed by atoms with van der Waals surface area (Å²) in [5.74, 6) is 0. The molecule has 8 aromatic rings. The molecule has 0 aliphatic carbocycles. The van der Waals surface area contributed by atoms with Gasteiger partial charge in [0.05, 0.1) is 0 Å². The van der Waals surface area contributed by atoms with Gasteiger partial charge in [0, 0.05) is 8.95 Å². The van der Waals surface area contributed by atoms with Crippen molar-refractivity contribution in [2.75, 3.05) is 0 Å². The highest BCUT2D eigenvalue weighted by molar-refractivity contribution is 9.10. The monoisotopic (exact) mass is 636 g/mol. The van der Waals surface area contributed by atoms with E-state index in [2.05, 4.69) is 165 Å². The Kier molecular flexibility index (Phi) is 5.55. The van der Waals surface area contributed by atoms with Crippen LogP contribution >= 0.6 is 31.9 Å². The van der Waals surface area contributed by atoms with Crippen LogP contribution in [0.5, 0.6) is 0 Å². The van der Waals surface area contributed by atoms with E-state index in [9.17, 15) is 0 Å². The van der Waals surface area contributed by atoms with E-state index in [1.807, 2.05) is 0 Å². The third-order valence-corrected chi connectivity index (χ3v) is 9.08. The molecular weight excluding hydrogens is 616 g/mol. The highest BCUT2D eigenvalue weighted by Gasteiger charge is 2.22. The van der Waals surface area contributed by atoms with Crippen molar-refractivity contribution in [3.05, 3.63) is 142 Å². The quantitative estimate of drug-likeness (QED) is 0.131. The Hall–Kier alpha value is -3.98. The van der Waals surface area contributed by atoms with E-state index in [1.54, 1.807) is 0 Å². The second kappa shape index (κ2) is 9.30. The van der Waals surface area contributed by atoms with Gasteiger partial charge in [-0.15, -0.1) is 0 Å². The van der Waals surface area contributed by atoms with E-state index >= 15 is 0 Å². The standard InChI is InChI=1S/C38H22Br2/c39-27-15-17-29-30-18-16-28(40)22-34(30)38-36(24-11-5-2-6-12-24)32-20-26-14-8-7-13-25(26)19-31(32)35(37(38)33(29)21-27)23-9-3-1-4-10-23/h1-22H. The van der Waals surface area contributed by atoms with Gasteiger partial charge in [-0.1, -0.05) is 129 Å². The molecule has 0 aromatic heterocycles. The SMILES string of the molecule is Brc1ccc2c3ccc(Br)cc3c3c(-c4ccccc4)c4cc5ccccc5cc4c(-c4ccccc4)c3c2c1. The van der Waals surface area contributed by atoms with E-state index < -0.39 is 0 Å². The van der Waals surface area contributed by atoms with Crippen LogP contribution in [0.15, 0.2) is 142 Å². The van der Waals surface area contributed by atoms with Gasteiger partial charge < -0.3 is 0 Å². The zero-order valence-electron chi connectivity index (χ0n) is 21.5. The molecule has 188 valence electrons. The predicted molar refractivity (Wildman–Crippen MR) is 180 cm³/mol. The summed E-state index contributed by atoms with van der Waals surface area (Å²) in [6.45, 7) is 0. The molecule has 0 atom stereocenters. The number of fused-ring (bicyclic) bond motifs is 8. The summed E-state index contributed by atoms with van der Waals surface area (Å²) in [4.78, 5) is 0. The van der Waals surface area contributed by atoms with E-state index in [-0.39, 0.29) is 0 Å². The van der Waals surface area contributed by atoms with Crippen molar-refractivity contribution < 1.29 is 0 Å². The lowest BCUT2D eigenvalue weighted by Gasteiger charge is -2.22. The van der Waals surface area contributed by atoms with Crippen molar-refractivity contribution in [2.45, 2.75) is 0 Å². The van der Waals surface area contributed by atoms with Gasteiger partial charge in [-0.05, 0) is 113 Å². The second-order valence-electron chi connectivity index (χ2n) is 10.4. The third kappa shape index (κ3) is 3.63. The molecule has 0 bridgehead atoms. The maximum Gasteiger partial charge on any atom is 0.0181 e. The summed E-state index contributed by atoms with van der Waals surface area (Å²) in [6.07, 6.45) is 0. The van der Waals surface area contributed by atoms with Crippen molar-refractivity contribution in [2.24, 2.45) is 0 Å². The number of rotatable bonds is 2. The topological polar surface area (TPSA) is 0 Å². The van der Waals surface area contributed by atoms with Crippen LogP contribution in [0.4, 0.5) is 0 Å². The minimum Gasteiger partial charge on any atom is -0.0622 e. The summed E-state index contributed by atoms with van der Waals surface area (Å²) < 4.78 is 2.16. The molecule has 0 amide bonds. The molecule has 0 aliphatic rings. The van der Waals surface area contributed by atoms with Gasteiger partial charge in [0.2, 0.25) is 0 Å². The van der Waals surface area contributed by atoms with Crippen molar-refractivity contribution >= 4 is 85.7 Å². The van der Waals surface area contributed by atoms with Crippen molar-refractivity contribution in [1.82, 2.24) is 0 Å². The molecule has 0 fully saturated rings. The fraction of sp³-hybridized carbons (Fsp3) is 0. The molecule has 0 saturated carbocycles. The largest absolute Gasteiger partial charge is 0.0622 e. The highest BCUT2D eigenvalue weighted by atomic mass is 79.9. The lowest BCUT2D eigenvalue weighted by molar-refractivity contribution is 1.66. The Morgan fingerprint density at radius 3 is 1.15 bits per heavy atom. The third-order valence-electron chi connectivity index (χ3n) is 8.09. The van der Waals surface area contributed by atoms with Gasteiger partial charge in [0.25, 0.3) is 0 Å². The minimum atomic E-state index is 1.08. The molecule has 2 heteroatoms. The fourth-order valence-electron chi connectivity index (χ4n) is 6.44. The van der Waals surface area contributed by atoms with Gasteiger partial charge in [-0.2, -0.15) is 0 Å². The molecule has 0 radical (unpaired) electrons. The molecule has 8 aromatic carbocycles. The zero-order valence-corrected chi connectivity index (χ0v) is 24.6. The zero-order chi connectivity index (χ0) is 26.8. The Bertz CT molecular complexity index is 2100. The number of halogens is 2. The van der Waals surface area contributed by atoms with E-state index in [1.165, 1.54) is 76.1 Å². The first-order valence-corrected chi connectivity index (χ1v) is 15.0. The molecule has 0 saturated heterocycles. The minimum absolute atomic E-state index is 1.08. The average molecular weight is 638 g/mol. The Balaban J connectivity index is 1.79. The molecule has 40 heavy (non-hydrogen) atoms. The van der Waals surface area contributed by atoms with Crippen LogP contribution in [0.1, 0.15) is 0 Å². The molecular formula is C38H22Br2. The van der Waals surface area contributed by atoms with Crippen LogP contribution in [0.25, 0.3) is 76.1 Å². The molecule has 8 rings (SSSR count). The van der Waals surface area contributed by atoms with Crippen molar-refractivity contribution in [1.29, 1.82) is 0 Å². The first-order chi connectivity index (χ1) is 19.7. The fourth-order valence-corrected chi connectivity index (χ4v) is 7.16. The lowest BCUT2D eigenvalue weighted by Crippen LogP contribution is -1.94. The Morgan fingerprint density at radius 2 is 0.725 bits per heavy atom. The number of benzene rings is 8. The van der Waals surface area contributed by atoms with Crippen LogP contribution in [-0.2, 0) is 0 Å². The molecule has 0 spiro atoms. The van der Waals surface area contributed by atoms with Crippen molar-refractivity contribution in [3.8, 4) is 22.3 Å². The van der Waals surface area contributed by atoms with Crippen LogP contribution in [0, 0.1) is 0 Å². The van der Waals surface area contributed by atoms with E-state index in [4.69, 9.17) is 0 Å². The van der Waals surface area contributed by atoms with Crippen LogP contribution in [-0.4, -0.2) is 0 Å². The summed E-state index contributed by atoms with van der Waals surface area (Å²) in [5, 5.41) is 12.6. The maximum absolute atomic E-state index is 3.81. The average Bonchev–Trinajstić information content (AvgIpc) is 2.99. The predicted octanol–water partition coefficient (Wildman–Crippen LogP) is 12.3. The van der Waals surface area contributed by atoms with Gasteiger partial charge >= 0.3 is 0 Å². The maximum atomic E-state index is 3.81. The normalized spacial score (nSPS) is 11.8. The number of hydrogen-bond donors (Lipinski definition) is 0. The van der Waals surface area contributed by atoms with E-state index in [0.717, 1.165) is 8.95 Å². The van der Waals surface area contributed by atoms with E-state index in [0.29, 0.717) is 0 Å². The number of hydrogen-bond acceptors (Lipinski definition) is 0. The summed E-state index contributed by atoms with van der Waals surface area (Å²) in [7, 11) is 0. The first kappa shape index (κ1) is 23.9. The summed E-state index contributed by atoms with van der Waals surface area (Å²) >= 11 is 7.63. The second-order valence-corrected chi connectivity index (χ2v) is 12.2. The van der Waals surface area contributed by atoms with Gasteiger partial charge in [0.1, 0.15) is 0 Å². The van der Waals surface area contributed by atoms with Gasteiger partial charge in [-0.25, -0.2) is 0 Å². The molecule has 0 nitrogen and oxygen atoms in total. The Labute approximate surface area is 249 Å². The van der Waals surface area contributed by atoms with Crippen LogP contribution in [0.3, 0.4) is 0 Å². The summed E-state index contributed by atoms with van der Waals surface area (Å²) in [6, 6.07) is 48.7. The smallest absolute Gasteiger partial charge is 0.0181 e. The Morgan fingerprint density at radius 1 is 0.325 bits per heavy atom. The van der Waals surface area contributed by atoms with Gasteiger partial charge in [0.15, 0.2) is 0 Å². The lowest BCUT2D eigenvalue weighted by atomic mass is 9.81. The molecule has 0 aliphatic heterocycles. The molecule has 0 heterocycles. The first-order valence-electron chi connectivity index (χ1n) is 13.4.